The molecule has 0 bridgehead atoms. The predicted molar refractivity (Wildman–Crippen MR) is 112 cm³/mol. The molecule has 0 aliphatic rings. The number of nitrogens with one attached hydrogen (secondary N) is 2. The average molecular weight is 441 g/mol. The molecule has 166 valence electrons. The molecule has 4 N–H and O–H groups in total. The second-order valence-corrected chi connectivity index (χ2v) is 7.78. The predicted octanol–water partition coefficient (Wildman–Crippen LogP) is 1.68. The number of hydrogen-bond donors (Lipinski definition) is 4. The summed E-state index contributed by atoms with van der Waals surface area (Å²) in [5.74, 6) is -1.61. The molecule has 1 aromatic carbocycles. The van der Waals surface area contributed by atoms with Crippen molar-refractivity contribution in [2.75, 3.05) is 12.4 Å². The summed E-state index contributed by atoms with van der Waals surface area (Å²) in [5.41, 5.74) is 0.774. The molecule has 0 saturated carbocycles. The van der Waals surface area contributed by atoms with E-state index in [-0.39, 0.29) is 36.9 Å². The second kappa shape index (κ2) is 14.4. The molecule has 9 nitrogen and oxygen atoms in total. The van der Waals surface area contributed by atoms with Crippen molar-refractivity contribution in [1.82, 2.24) is 10.6 Å². The number of rotatable bonds is 13. The van der Waals surface area contributed by atoms with Gasteiger partial charge in [-0.2, -0.15) is 0 Å². The highest BCUT2D eigenvalue weighted by Crippen LogP contribution is 2.09. The van der Waals surface area contributed by atoms with E-state index in [0.29, 0.717) is 12.8 Å². The van der Waals surface area contributed by atoms with E-state index in [1.54, 1.807) is 24.3 Å². The van der Waals surface area contributed by atoms with E-state index >= 15 is 0 Å². The number of aliphatic hydroxyl groups is 1. The largest absolute Gasteiger partial charge is 0.480 e. The molecule has 0 fully saturated rings. The van der Waals surface area contributed by atoms with Crippen molar-refractivity contribution in [3.8, 4) is 0 Å². The Balaban J connectivity index is 2.69. The van der Waals surface area contributed by atoms with Crippen LogP contribution < -0.4 is 10.6 Å². The Hall–Kier alpha value is -2.59. The molecule has 2 unspecified atom stereocenters. The van der Waals surface area contributed by atoms with Gasteiger partial charge in [-0.25, -0.2) is 9.59 Å². The molecule has 0 spiro atoms. The number of ether oxygens (including phenoxy) is 1. The lowest BCUT2D eigenvalue weighted by atomic mass is 10.1. The summed E-state index contributed by atoms with van der Waals surface area (Å²) in [6.45, 7) is 1.34. The number of carboxylic acids is 1. The smallest absolute Gasteiger partial charge is 0.408 e. The summed E-state index contributed by atoms with van der Waals surface area (Å²) in [5, 5.41) is 22.9. The Morgan fingerprint density at radius 3 is 2.33 bits per heavy atom. The van der Waals surface area contributed by atoms with Crippen molar-refractivity contribution in [3.63, 3.8) is 0 Å². The van der Waals surface area contributed by atoms with E-state index in [0.717, 1.165) is 17.3 Å². The summed E-state index contributed by atoms with van der Waals surface area (Å²) >= 11 is 1.00. The zero-order chi connectivity index (χ0) is 22.4. The van der Waals surface area contributed by atoms with Gasteiger partial charge in [-0.1, -0.05) is 42.1 Å². The van der Waals surface area contributed by atoms with E-state index in [4.69, 9.17) is 9.84 Å². The number of amides is 2. The van der Waals surface area contributed by atoms with Crippen LogP contribution in [0.4, 0.5) is 4.79 Å². The van der Waals surface area contributed by atoms with E-state index in [1.165, 1.54) is 6.92 Å². The van der Waals surface area contributed by atoms with E-state index in [2.05, 4.69) is 10.6 Å². The van der Waals surface area contributed by atoms with Crippen LogP contribution in [0.2, 0.25) is 0 Å². The Bertz CT molecular complexity index is 700. The minimum atomic E-state index is -1.20. The molecule has 30 heavy (non-hydrogen) atoms. The molecule has 2 amide bonds. The number of unbranched alkanes of at least 4 members (excludes halogenated alkanes) is 1. The van der Waals surface area contributed by atoms with Gasteiger partial charge in [0.2, 0.25) is 5.91 Å². The van der Waals surface area contributed by atoms with Gasteiger partial charge in [0.15, 0.2) is 5.12 Å². The third-order valence-electron chi connectivity index (χ3n) is 4.05. The quantitative estimate of drug-likeness (QED) is 0.339. The number of carbonyl (C=O) groups is 4. The molecular formula is C20H28N2O7S. The molecule has 10 heteroatoms. The standard InChI is InChI=1S/C20H28N2O7S/c1-14(24)30-12-10-16(18(25)21-17(19(26)27)9-5-6-11-23)22-20(28)29-13-15-7-3-2-4-8-15/h2-4,7-8,16-17,23H,5-6,9-13H2,1H3,(H,21,25)(H,22,28)(H,26,27). The van der Waals surface area contributed by atoms with Crippen molar-refractivity contribution in [2.24, 2.45) is 0 Å². The van der Waals surface area contributed by atoms with E-state index in [9.17, 15) is 24.3 Å². The molecule has 0 aromatic heterocycles. The summed E-state index contributed by atoms with van der Waals surface area (Å²) in [4.78, 5) is 47.3. The monoisotopic (exact) mass is 440 g/mol. The fourth-order valence-corrected chi connectivity index (χ4v) is 3.13. The van der Waals surface area contributed by atoms with Crippen molar-refractivity contribution in [3.05, 3.63) is 35.9 Å². The lowest BCUT2D eigenvalue weighted by Gasteiger charge is -2.21. The van der Waals surface area contributed by atoms with Crippen molar-refractivity contribution >= 4 is 34.8 Å². The molecule has 1 aromatic rings. The zero-order valence-corrected chi connectivity index (χ0v) is 17.7. The summed E-state index contributed by atoms with van der Waals surface area (Å²) in [6, 6.07) is 6.80. The van der Waals surface area contributed by atoms with Gasteiger partial charge in [0.25, 0.3) is 0 Å². The maximum absolute atomic E-state index is 12.6. The van der Waals surface area contributed by atoms with Gasteiger partial charge < -0.3 is 25.6 Å². The van der Waals surface area contributed by atoms with Crippen molar-refractivity contribution < 1.29 is 34.1 Å². The Morgan fingerprint density at radius 1 is 1.03 bits per heavy atom. The second-order valence-electron chi connectivity index (χ2n) is 6.51. The number of hydrogen-bond acceptors (Lipinski definition) is 7. The number of carbonyl (C=O) groups excluding carboxylic acids is 3. The van der Waals surface area contributed by atoms with Gasteiger partial charge in [0, 0.05) is 19.3 Å². The SMILES string of the molecule is CC(=O)SCCC(NC(=O)OCc1ccccc1)C(=O)NC(CCCCO)C(=O)O. The molecule has 0 aliphatic carbocycles. The average Bonchev–Trinajstić information content (AvgIpc) is 2.71. The first-order valence-corrected chi connectivity index (χ1v) is 10.6. The Kier molecular flexibility index (Phi) is 12.2. The van der Waals surface area contributed by atoms with Crippen LogP contribution in [0.15, 0.2) is 30.3 Å². The van der Waals surface area contributed by atoms with Gasteiger partial charge in [0.05, 0.1) is 0 Å². The fourth-order valence-electron chi connectivity index (χ4n) is 2.49. The molecule has 1 rings (SSSR count). The van der Waals surface area contributed by atoms with E-state index < -0.39 is 30.1 Å². The number of thioether (sulfide) groups is 1. The van der Waals surface area contributed by atoms with Gasteiger partial charge in [-0.05, 0) is 31.2 Å². The van der Waals surface area contributed by atoms with Crippen LogP contribution >= 0.6 is 11.8 Å². The highest BCUT2D eigenvalue weighted by Gasteiger charge is 2.26. The van der Waals surface area contributed by atoms with Crippen molar-refractivity contribution in [1.29, 1.82) is 0 Å². The summed E-state index contributed by atoms with van der Waals surface area (Å²) < 4.78 is 5.12. The zero-order valence-electron chi connectivity index (χ0n) is 16.8. The number of benzene rings is 1. The van der Waals surface area contributed by atoms with Crippen LogP contribution in [-0.4, -0.2) is 57.7 Å². The maximum Gasteiger partial charge on any atom is 0.408 e. The number of aliphatic hydroxyl groups excluding tert-OH is 1. The summed E-state index contributed by atoms with van der Waals surface area (Å²) in [6.07, 6.45) is 0.293. The first-order chi connectivity index (χ1) is 14.3. The van der Waals surface area contributed by atoms with Gasteiger partial charge >= 0.3 is 12.1 Å². The lowest BCUT2D eigenvalue weighted by Crippen LogP contribution is -2.51. The molecule has 0 heterocycles. The molecule has 0 saturated heterocycles. The molecule has 0 aliphatic heterocycles. The Labute approximate surface area is 179 Å². The topological polar surface area (TPSA) is 142 Å². The van der Waals surface area contributed by atoms with Crippen LogP contribution in [0, 0.1) is 0 Å². The molecule has 2 atom stereocenters. The maximum atomic E-state index is 12.6. The third-order valence-corrected chi connectivity index (χ3v) is 4.90. The number of alkyl carbamates (subject to hydrolysis) is 1. The normalized spacial score (nSPS) is 12.5. The van der Waals surface area contributed by atoms with Crippen molar-refractivity contribution in [2.45, 2.75) is 51.3 Å². The van der Waals surface area contributed by atoms with Crippen LogP contribution in [-0.2, 0) is 25.7 Å². The highest BCUT2D eigenvalue weighted by molar-refractivity contribution is 8.13. The first-order valence-electron chi connectivity index (χ1n) is 9.58. The van der Waals surface area contributed by atoms with Gasteiger partial charge in [-0.3, -0.25) is 9.59 Å². The minimum Gasteiger partial charge on any atom is -0.480 e. The van der Waals surface area contributed by atoms with Crippen LogP contribution in [0.5, 0.6) is 0 Å². The third kappa shape index (κ3) is 10.8. The fraction of sp³-hybridized carbons (Fsp3) is 0.500. The molecule has 0 radical (unpaired) electrons. The van der Waals surface area contributed by atoms with Crippen LogP contribution in [0.3, 0.4) is 0 Å². The number of aliphatic carboxylic acids is 1. The van der Waals surface area contributed by atoms with Crippen LogP contribution in [0.1, 0.15) is 38.2 Å². The minimum absolute atomic E-state index is 0.0160. The lowest BCUT2D eigenvalue weighted by molar-refractivity contribution is -0.142. The highest BCUT2D eigenvalue weighted by atomic mass is 32.2. The van der Waals surface area contributed by atoms with E-state index in [1.807, 2.05) is 6.07 Å². The summed E-state index contributed by atoms with van der Waals surface area (Å²) in [7, 11) is 0. The van der Waals surface area contributed by atoms with Crippen LogP contribution in [0.25, 0.3) is 0 Å². The first kappa shape index (κ1) is 25.4. The Morgan fingerprint density at radius 2 is 1.73 bits per heavy atom. The van der Waals surface area contributed by atoms with Gasteiger partial charge in [-0.15, -0.1) is 0 Å². The van der Waals surface area contributed by atoms with Gasteiger partial charge in [0.1, 0.15) is 18.7 Å². The number of carboxylic acid groups (broad SMARTS) is 1. The molecular weight excluding hydrogens is 412 g/mol.